The van der Waals surface area contributed by atoms with Crippen molar-refractivity contribution in [1.29, 1.82) is 0 Å². The van der Waals surface area contributed by atoms with Crippen LogP contribution in [0.15, 0.2) is 16.3 Å². The summed E-state index contributed by atoms with van der Waals surface area (Å²) in [5.41, 5.74) is 2.45. The molecular formula is C13H23NOS. The summed E-state index contributed by atoms with van der Waals surface area (Å²) in [7, 11) is 0. The molecule has 1 heterocycles. The van der Waals surface area contributed by atoms with Crippen molar-refractivity contribution in [3.8, 4) is 0 Å². The first-order chi connectivity index (χ1) is 7.48. The molecule has 0 saturated heterocycles. The number of hydrogen-bond acceptors (Lipinski definition) is 3. The Labute approximate surface area is 104 Å². The minimum absolute atomic E-state index is 0.0614. The third-order valence-electron chi connectivity index (χ3n) is 2.64. The number of hydrogen-bond donors (Lipinski definition) is 0. The van der Waals surface area contributed by atoms with Crippen LogP contribution in [0.1, 0.15) is 47.5 Å². The van der Waals surface area contributed by atoms with E-state index >= 15 is 0 Å². The van der Waals surface area contributed by atoms with Gasteiger partial charge in [-0.15, -0.1) is 11.8 Å². The first-order valence-electron chi connectivity index (χ1n) is 6.01. The van der Waals surface area contributed by atoms with Crippen LogP contribution in [-0.2, 0) is 4.74 Å². The third kappa shape index (κ3) is 3.95. The predicted octanol–water partition coefficient (Wildman–Crippen LogP) is 4.02. The molecule has 0 atom stereocenters. The SMILES string of the molecule is CCS/C(CC)=N/C1=C(C)COC(C)(C)C1. The van der Waals surface area contributed by atoms with Crippen LogP contribution < -0.4 is 0 Å². The van der Waals surface area contributed by atoms with Gasteiger partial charge in [0, 0.05) is 12.1 Å². The van der Waals surface area contributed by atoms with Gasteiger partial charge in [0.25, 0.3) is 0 Å². The first kappa shape index (κ1) is 13.8. The second-order valence-corrected chi connectivity index (χ2v) is 6.08. The van der Waals surface area contributed by atoms with Gasteiger partial charge in [-0.3, -0.25) is 4.99 Å². The third-order valence-corrected chi connectivity index (χ3v) is 3.64. The van der Waals surface area contributed by atoms with Crippen LogP contribution in [0.4, 0.5) is 0 Å². The summed E-state index contributed by atoms with van der Waals surface area (Å²) < 4.78 is 5.75. The normalized spacial score (nSPS) is 21.4. The molecule has 0 N–H and O–H groups in total. The summed E-state index contributed by atoms with van der Waals surface area (Å²) >= 11 is 1.85. The van der Waals surface area contributed by atoms with Gasteiger partial charge in [-0.2, -0.15) is 0 Å². The molecule has 16 heavy (non-hydrogen) atoms. The molecule has 0 amide bonds. The predicted molar refractivity (Wildman–Crippen MR) is 73.2 cm³/mol. The monoisotopic (exact) mass is 241 g/mol. The Kier molecular flexibility index (Phi) is 5.06. The van der Waals surface area contributed by atoms with Crippen molar-refractivity contribution >= 4 is 16.8 Å². The van der Waals surface area contributed by atoms with Crippen molar-refractivity contribution in [1.82, 2.24) is 0 Å². The van der Waals surface area contributed by atoms with Crippen LogP contribution in [0, 0.1) is 0 Å². The Morgan fingerprint density at radius 3 is 2.69 bits per heavy atom. The fourth-order valence-electron chi connectivity index (χ4n) is 1.66. The quantitative estimate of drug-likeness (QED) is 0.550. The molecule has 92 valence electrons. The van der Waals surface area contributed by atoms with E-state index in [0.29, 0.717) is 0 Å². The standard InChI is InChI=1S/C13H23NOS/c1-6-12(16-7-2)14-11-8-13(4,5)15-9-10(11)3/h6-9H2,1-5H3/b14-12+. The van der Waals surface area contributed by atoms with Crippen LogP contribution in [0.3, 0.4) is 0 Å². The van der Waals surface area contributed by atoms with Crippen molar-refractivity contribution in [3.05, 3.63) is 11.3 Å². The average molecular weight is 241 g/mol. The summed E-state index contributed by atoms with van der Waals surface area (Å²) in [4.78, 5) is 4.80. The van der Waals surface area contributed by atoms with Gasteiger partial charge in [0.05, 0.1) is 17.3 Å². The van der Waals surface area contributed by atoms with Crippen molar-refractivity contribution < 1.29 is 4.74 Å². The summed E-state index contributed by atoms with van der Waals surface area (Å²) in [6, 6.07) is 0. The number of rotatable bonds is 3. The van der Waals surface area contributed by atoms with Crippen molar-refractivity contribution in [3.63, 3.8) is 0 Å². The van der Waals surface area contributed by atoms with E-state index in [0.717, 1.165) is 25.2 Å². The lowest BCUT2D eigenvalue weighted by Gasteiger charge is -2.31. The minimum atomic E-state index is -0.0614. The lowest BCUT2D eigenvalue weighted by Crippen LogP contribution is -2.30. The Hall–Kier alpha value is -0.280. The molecule has 1 aliphatic rings. The fourth-order valence-corrected chi connectivity index (χ4v) is 2.37. The molecule has 0 saturated carbocycles. The van der Waals surface area contributed by atoms with Gasteiger partial charge < -0.3 is 4.74 Å². The van der Waals surface area contributed by atoms with Crippen molar-refractivity contribution in [2.45, 2.75) is 53.1 Å². The number of thioether (sulfide) groups is 1. The molecule has 0 bridgehead atoms. The topological polar surface area (TPSA) is 21.6 Å². The molecule has 1 aliphatic heterocycles. The largest absolute Gasteiger partial charge is 0.371 e. The van der Waals surface area contributed by atoms with E-state index in [1.54, 1.807) is 0 Å². The Morgan fingerprint density at radius 2 is 2.12 bits per heavy atom. The van der Waals surface area contributed by atoms with Crippen LogP contribution in [0.5, 0.6) is 0 Å². The maximum absolute atomic E-state index is 5.75. The minimum Gasteiger partial charge on any atom is -0.371 e. The smallest absolute Gasteiger partial charge is 0.0731 e. The van der Waals surface area contributed by atoms with E-state index in [1.165, 1.54) is 16.3 Å². The molecular weight excluding hydrogens is 218 g/mol. The van der Waals surface area contributed by atoms with Gasteiger partial charge in [0.1, 0.15) is 0 Å². The molecule has 0 aromatic heterocycles. The van der Waals surface area contributed by atoms with Crippen LogP contribution >= 0.6 is 11.8 Å². The van der Waals surface area contributed by atoms with Crippen molar-refractivity contribution in [2.75, 3.05) is 12.4 Å². The number of nitrogens with zero attached hydrogens (tertiary/aromatic N) is 1. The molecule has 0 radical (unpaired) electrons. The highest BCUT2D eigenvalue weighted by Gasteiger charge is 2.26. The van der Waals surface area contributed by atoms with Gasteiger partial charge in [-0.05, 0) is 38.5 Å². The Morgan fingerprint density at radius 1 is 1.44 bits per heavy atom. The lowest BCUT2D eigenvalue weighted by atomic mass is 9.97. The fraction of sp³-hybridized carbons (Fsp3) is 0.769. The second-order valence-electron chi connectivity index (χ2n) is 4.74. The van der Waals surface area contributed by atoms with E-state index in [1.807, 2.05) is 11.8 Å². The zero-order valence-electron chi connectivity index (χ0n) is 11.1. The molecule has 3 heteroatoms. The zero-order valence-corrected chi connectivity index (χ0v) is 11.9. The van der Waals surface area contributed by atoms with Gasteiger partial charge in [0.15, 0.2) is 0 Å². The van der Waals surface area contributed by atoms with E-state index in [4.69, 9.17) is 9.73 Å². The average Bonchev–Trinajstić information content (AvgIpc) is 2.22. The number of ether oxygens (including phenoxy) is 1. The molecule has 0 aliphatic carbocycles. The van der Waals surface area contributed by atoms with E-state index < -0.39 is 0 Å². The number of aliphatic imine (C=N–C) groups is 1. The molecule has 0 fully saturated rings. The molecule has 0 unspecified atom stereocenters. The van der Waals surface area contributed by atoms with E-state index in [2.05, 4.69) is 34.6 Å². The highest BCUT2D eigenvalue weighted by Crippen LogP contribution is 2.30. The molecule has 0 spiro atoms. The van der Waals surface area contributed by atoms with Gasteiger partial charge in [0.2, 0.25) is 0 Å². The van der Waals surface area contributed by atoms with Crippen LogP contribution in [0.25, 0.3) is 0 Å². The van der Waals surface area contributed by atoms with Crippen molar-refractivity contribution in [2.24, 2.45) is 4.99 Å². The second kappa shape index (κ2) is 5.87. The van der Waals surface area contributed by atoms with Gasteiger partial charge >= 0.3 is 0 Å². The highest BCUT2D eigenvalue weighted by molar-refractivity contribution is 8.13. The van der Waals surface area contributed by atoms with Gasteiger partial charge in [-0.25, -0.2) is 0 Å². The van der Waals surface area contributed by atoms with Crippen LogP contribution in [-0.4, -0.2) is 23.0 Å². The summed E-state index contributed by atoms with van der Waals surface area (Å²) in [6.45, 7) is 11.4. The first-order valence-corrected chi connectivity index (χ1v) is 7.00. The van der Waals surface area contributed by atoms with E-state index in [9.17, 15) is 0 Å². The lowest BCUT2D eigenvalue weighted by molar-refractivity contribution is -0.0146. The molecule has 0 aromatic carbocycles. The summed E-state index contributed by atoms with van der Waals surface area (Å²) in [5.74, 6) is 1.10. The van der Waals surface area contributed by atoms with Gasteiger partial charge in [-0.1, -0.05) is 13.8 Å². The Bertz CT molecular complexity index is 305. The highest BCUT2D eigenvalue weighted by atomic mass is 32.2. The molecule has 1 rings (SSSR count). The zero-order chi connectivity index (χ0) is 12.2. The summed E-state index contributed by atoms with van der Waals surface area (Å²) in [5, 5.41) is 1.24. The van der Waals surface area contributed by atoms with E-state index in [-0.39, 0.29) is 5.60 Å². The maximum atomic E-state index is 5.75. The molecule has 2 nitrogen and oxygen atoms in total. The maximum Gasteiger partial charge on any atom is 0.0731 e. The molecule has 0 aromatic rings. The Balaban J connectivity index is 2.85. The summed E-state index contributed by atoms with van der Waals surface area (Å²) in [6.07, 6.45) is 1.95. The van der Waals surface area contributed by atoms with Crippen LogP contribution in [0.2, 0.25) is 0 Å².